The molecule has 0 bridgehead atoms. The van der Waals surface area contributed by atoms with Gasteiger partial charge in [0.05, 0.1) is 11.6 Å². The Kier molecular flexibility index (Phi) is 4.90. The Morgan fingerprint density at radius 3 is 2.67 bits per heavy atom. The number of carbonyl (C=O) groups is 1. The van der Waals surface area contributed by atoms with Crippen molar-refractivity contribution in [1.82, 2.24) is 14.8 Å². The molecule has 0 saturated carbocycles. The fourth-order valence-electron chi connectivity index (χ4n) is 4.00. The number of aromatic nitrogens is 1. The molecule has 4 nitrogen and oxygen atoms in total. The number of benzene rings is 2. The smallest absolute Gasteiger partial charge is 0.240 e. The van der Waals surface area contributed by atoms with Crippen LogP contribution >= 0.6 is 0 Å². The Morgan fingerprint density at radius 2 is 1.85 bits per heavy atom. The first-order valence-corrected chi connectivity index (χ1v) is 9.50. The van der Waals surface area contributed by atoms with Crippen LogP contribution in [0.15, 0.2) is 60.7 Å². The van der Waals surface area contributed by atoms with Gasteiger partial charge in [0.15, 0.2) is 0 Å². The molecular formula is C23H25N3O. The number of aryl methyl sites for hydroxylation is 1. The van der Waals surface area contributed by atoms with Crippen molar-refractivity contribution in [1.29, 1.82) is 0 Å². The van der Waals surface area contributed by atoms with Crippen molar-refractivity contribution < 1.29 is 4.79 Å². The lowest BCUT2D eigenvalue weighted by Crippen LogP contribution is -2.39. The van der Waals surface area contributed by atoms with Gasteiger partial charge in [-0.25, -0.2) is 0 Å². The molecule has 1 amide bonds. The topological polar surface area (TPSA) is 36.4 Å². The number of likely N-dealkylation sites (tertiary alicyclic amines) is 1. The van der Waals surface area contributed by atoms with E-state index in [9.17, 15) is 4.79 Å². The highest BCUT2D eigenvalue weighted by atomic mass is 16.2. The molecule has 3 aromatic rings. The van der Waals surface area contributed by atoms with Gasteiger partial charge < -0.3 is 4.90 Å². The summed E-state index contributed by atoms with van der Waals surface area (Å²) >= 11 is 0. The second-order valence-electron chi connectivity index (χ2n) is 7.40. The summed E-state index contributed by atoms with van der Waals surface area (Å²) in [4.78, 5) is 21.7. The molecule has 2 aromatic carbocycles. The van der Waals surface area contributed by atoms with Crippen LogP contribution in [-0.4, -0.2) is 40.3 Å². The maximum atomic E-state index is 12.9. The Labute approximate surface area is 160 Å². The molecular weight excluding hydrogens is 334 g/mol. The molecule has 2 heterocycles. The molecule has 1 fully saturated rings. The largest absolute Gasteiger partial charge is 0.337 e. The standard InChI is InChI=1S/C23H25N3O/c1-17-14-19(20-10-6-7-11-21(20)24-17)16-25(2)22-12-13-26(23(22)27)15-18-8-4-3-5-9-18/h3-11,14,22H,12-13,15-16H2,1-2H3. The summed E-state index contributed by atoms with van der Waals surface area (Å²) in [5.41, 5.74) is 4.45. The van der Waals surface area contributed by atoms with Crippen molar-refractivity contribution in [3.05, 3.63) is 77.5 Å². The van der Waals surface area contributed by atoms with Gasteiger partial charge in [-0.1, -0.05) is 48.5 Å². The van der Waals surface area contributed by atoms with Crippen molar-refractivity contribution in [2.24, 2.45) is 0 Å². The van der Waals surface area contributed by atoms with E-state index in [2.05, 4.69) is 41.2 Å². The van der Waals surface area contributed by atoms with Gasteiger partial charge in [0, 0.05) is 30.7 Å². The van der Waals surface area contributed by atoms with Crippen LogP contribution in [0.3, 0.4) is 0 Å². The summed E-state index contributed by atoms with van der Waals surface area (Å²) in [6.07, 6.45) is 0.879. The van der Waals surface area contributed by atoms with Gasteiger partial charge in [0.1, 0.15) is 0 Å². The molecule has 1 aliphatic heterocycles. The van der Waals surface area contributed by atoms with Crippen LogP contribution in [0.2, 0.25) is 0 Å². The molecule has 1 aliphatic rings. The molecule has 0 aliphatic carbocycles. The molecule has 4 rings (SSSR count). The Balaban J connectivity index is 1.49. The predicted octanol–water partition coefficient (Wildman–Crippen LogP) is 3.78. The van der Waals surface area contributed by atoms with Crippen LogP contribution in [0.5, 0.6) is 0 Å². The van der Waals surface area contributed by atoms with Crippen LogP contribution in [0.25, 0.3) is 10.9 Å². The van der Waals surface area contributed by atoms with Crippen LogP contribution in [-0.2, 0) is 17.9 Å². The lowest BCUT2D eigenvalue weighted by Gasteiger charge is -2.24. The summed E-state index contributed by atoms with van der Waals surface area (Å²) in [6.45, 7) is 4.29. The average molecular weight is 359 g/mol. The van der Waals surface area contributed by atoms with Crippen molar-refractivity contribution in [3.63, 3.8) is 0 Å². The van der Waals surface area contributed by atoms with Gasteiger partial charge in [0.2, 0.25) is 5.91 Å². The maximum Gasteiger partial charge on any atom is 0.240 e. The van der Waals surface area contributed by atoms with Gasteiger partial charge in [-0.15, -0.1) is 0 Å². The van der Waals surface area contributed by atoms with E-state index in [4.69, 9.17) is 0 Å². The average Bonchev–Trinajstić information content (AvgIpc) is 3.03. The van der Waals surface area contributed by atoms with E-state index in [0.29, 0.717) is 6.54 Å². The Hall–Kier alpha value is -2.72. The first-order valence-electron chi connectivity index (χ1n) is 9.50. The first-order chi connectivity index (χ1) is 13.1. The number of para-hydroxylation sites is 1. The molecule has 0 N–H and O–H groups in total. The number of nitrogens with zero attached hydrogens (tertiary/aromatic N) is 3. The minimum Gasteiger partial charge on any atom is -0.337 e. The Morgan fingerprint density at radius 1 is 1.11 bits per heavy atom. The molecule has 1 aromatic heterocycles. The zero-order valence-corrected chi connectivity index (χ0v) is 15.9. The SMILES string of the molecule is Cc1cc(CN(C)C2CCN(Cc3ccccc3)C2=O)c2ccccc2n1. The molecule has 138 valence electrons. The fraction of sp³-hybridized carbons (Fsp3) is 0.304. The normalized spacial score (nSPS) is 17.2. The van der Waals surface area contributed by atoms with Crippen LogP contribution in [0.4, 0.5) is 0 Å². The highest BCUT2D eigenvalue weighted by Crippen LogP contribution is 2.24. The summed E-state index contributed by atoms with van der Waals surface area (Å²) < 4.78 is 0. The monoisotopic (exact) mass is 359 g/mol. The number of pyridine rings is 1. The number of carbonyl (C=O) groups excluding carboxylic acids is 1. The van der Waals surface area contributed by atoms with Crippen molar-refractivity contribution in [3.8, 4) is 0 Å². The number of amides is 1. The number of hydrogen-bond donors (Lipinski definition) is 0. The van der Waals surface area contributed by atoms with E-state index in [1.807, 2.05) is 48.2 Å². The summed E-state index contributed by atoms with van der Waals surface area (Å²) in [7, 11) is 2.05. The zero-order chi connectivity index (χ0) is 18.8. The molecule has 0 radical (unpaired) electrons. The number of rotatable bonds is 5. The highest BCUT2D eigenvalue weighted by Gasteiger charge is 2.34. The summed E-state index contributed by atoms with van der Waals surface area (Å²) in [6, 6.07) is 20.5. The number of fused-ring (bicyclic) bond motifs is 1. The summed E-state index contributed by atoms with van der Waals surface area (Å²) in [5, 5.41) is 1.17. The van der Waals surface area contributed by atoms with Crippen LogP contribution in [0, 0.1) is 6.92 Å². The van der Waals surface area contributed by atoms with Crippen LogP contribution in [0.1, 0.15) is 23.2 Å². The van der Waals surface area contributed by atoms with Crippen LogP contribution < -0.4 is 0 Å². The second-order valence-corrected chi connectivity index (χ2v) is 7.40. The molecule has 1 atom stereocenters. The lowest BCUT2D eigenvalue weighted by molar-refractivity contribution is -0.132. The molecule has 27 heavy (non-hydrogen) atoms. The first kappa shape index (κ1) is 17.7. The molecule has 1 saturated heterocycles. The third kappa shape index (κ3) is 3.71. The number of hydrogen-bond acceptors (Lipinski definition) is 3. The Bertz CT molecular complexity index is 954. The van der Waals surface area contributed by atoms with E-state index >= 15 is 0 Å². The molecule has 4 heteroatoms. The van der Waals surface area contributed by atoms with E-state index in [1.54, 1.807) is 0 Å². The van der Waals surface area contributed by atoms with Crippen molar-refractivity contribution in [2.75, 3.05) is 13.6 Å². The second kappa shape index (κ2) is 7.49. The lowest BCUT2D eigenvalue weighted by atomic mass is 10.1. The zero-order valence-electron chi connectivity index (χ0n) is 15.9. The van der Waals surface area contributed by atoms with Crippen molar-refractivity contribution >= 4 is 16.8 Å². The van der Waals surface area contributed by atoms with Gasteiger partial charge in [-0.05, 0) is 43.7 Å². The fourth-order valence-corrected chi connectivity index (χ4v) is 4.00. The van der Waals surface area contributed by atoms with Gasteiger partial charge >= 0.3 is 0 Å². The van der Waals surface area contributed by atoms with E-state index in [0.717, 1.165) is 30.7 Å². The quantitative estimate of drug-likeness (QED) is 0.696. The van der Waals surface area contributed by atoms with Crippen molar-refractivity contribution in [2.45, 2.75) is 32.5 Å². The number of likely N-dealkylation sites (N-methyl/N-ethyl adjacent to an activating group) is 1. The minimum absolute atomic E-state index is 0.0547. The third-order valence-electron chi connectivity index (χ3n) is 5.37. The van der Waals surface area contributed by atoms with Gasteiger partial charge in [-0.3, -0.25) is 14.7 Å². The highest BCUT2D eigenvalue weighted by molar-refractivity contribution is 5.84. The maximum absolute atomic E-state index is 12.9. The third-order valence-corrected chi connectivity index (χ3v) is 5.37. The molecule has 1 unspecified atom stereocenters. The van der Waals surface area contributed by atoms with Gasteiger partial charge in [-0.2, -0.15) is 0 Å². The predicted molar refractivity (Wildman–Crippen MR) is 108 cm³/mol. The van der Waals surface area contributed by atoms with Gasteiger partial charge in [0.25, 0.3) is 0 Å². The van der Waals surface area contributed by atoms with E-state index in [1.165, 1.54) is 16.5 Å². The molecule has 0 spiro atoms. The van der Waals surface area contributed by atoms with E-state index < -0.39 is 0 Å². The minimum atomic E-state index is -0.0547. The van der Waals surface area contributed by atoms with E-state index in [-0.39, 0.29) is 11.9 Å². The summed E-state index contributed by atoms with van der Waals surface area (Å²) in [5.74, 6) is 0.233.